The lowest BCUT2D eigenvalue weighted by Crippen LogP contribution is -2.52. The van der Waals surface area contributed by atoms with Gasteiger partial charge in [0.05, 0.1) is 36.9 Å². The first kappa shape index (κ1) is 30.7. The van der Waals surface area contributed by atoms with Crippen LogP contribution >= 0.6 is 0 Å². The maximum absolute atomic E-state index is 14.5. The van der Waals surface area contributed by atoms with Crippen LogP contribution in [0.3, 0.4) is 0 Å². The summed E-state index contributed by atoms with van der Waals surface area (Å²) in [6, 6.07) is 1.30. The summed E-state index contributed by atoms with van der Waals surface area (Å²) < 4.78 is 57.0. The highest BCUT2D eigenvalue weighted by atomic mass is 19.4. The molecule has 2 unspecified atom stereocenters. The smallest absolute Gasteiger partial charge is 0.379 e. The summed E-state index contributed by atoms with van der Waals surface area (Å²) in [6.45, 7) is 6.11. The molecule has 0 spiro atoms. The van der Waals surface area contributed by atoms with Crippen molar-refractivity contribution in [2.45, 2.75) is 63.0 Å². The summed E-state index contributed by atoms with van der Waals surface area (Å²) in [5.74, 6) is -0.0558. The zero-order valence-electron chi connectivity index (χ0n) is 24.7. The standard InChI is InChI=1S/C30H42F3N5O5/c1-41-26-18-43-9-4-25(26)35-23-13-22-17-38(27(39)3-5-36-7-10-42-11-8-36)19-29(22,14-23)28(40)37-6-2-24-20(16-37)12-21(15-34-24)30(31,32)33/h12,15,22-23,25-26,35H,2-11,13-14,16-19H2,1H3/t22-,23+,25?,26?,29-/m0/s1. The summed E-state index contributed by atoms with van der Waals surface area (Å²) in [5, 5.41) is 3.75. The van der Waals surface area contributed by atoms with E-state index in [9.17, 15) is 22.8 Å². The number of ether oxygens (including phenoxy) is 3. The molecule has 5 aliphatic rings. The van der Waals surface area contributed by atoms with E-state index in [0.717, 1.165) is 38.2 Å². The molecular formula is C30H42F3N5O5. The van der Waals surface area contributed by atoms with Crippen LogP contribution in [0.5, 0.6) is 0 Å². The van der Waals surface area contributed by atoms with E-state index < -0.39 is 17.2 Å². The van der Waals surface area contributed by atoms with E-state index in [0.29, 0.717) is 83.1 Å². The van der Waals surface area contributed by atoms with Crippen molar-refractivity contribution < 1.29 is 37.0 Å². The molecule has 1 aromatic rings. The van der Waals surface area contributed by atoms with Crippen LogP contribution in [0.2, 0.25) is 0 Å². The Morgan fingerprint density at radius 1 is 1.16 bits per heavy atom. The van der Waals surface area contributed by atoms with Crippen LogP contribution in [-0.4, -0.2) is 122 Å². The number of pyridine rings is 1. The summed E-state index contributed by atoms with van der Waals surface area (Å²) in [5.41, 5.74) is -0.541. The van der Waals surface area contributed by atoms with Crippen molar-refractivity contribution in [2.24, 2.45) is 11.3 Å². The number of rotatable bonds is 7. The molecule has 4 fully saturated rings. The van der Waals surface area contributed by atoms with Gasteiger partial charge in [-0.05, 0) is 36.8 Å². The van der Waals surface area contributed by atoms with Crippen molar-refractivity contribution in [1.29, 1.82) is 0 Å². The fraction of sp³-hybridized carbons (Fsp3) is 0.767. The van der Waals surface area contributed by atoms with Gasteiger partial charge < -0.3 is 29.3 Å². The molecule has 0 aromatic carbocycles. The van der Waals surface area contributed by atoms with Gasteiger partial charge >= 0.3 is 6.18 Å². The molecule has 1 N–H and O–H groups in total. The van der Waals surface area contributed by atoms with Crippen molar-refractivity contribution in [3.8, 4) is 0 Å². The molecule has 6 rings (SSSR count). The number of aromatic nitrogens is 1. The molecule has 3 saturated heterocycles. The third kappa shape index (κ3) is 6.42. The van der Waals surface area contributed by atoms with Crippen LogP contribution in [0, 0.1) is 11.3 Å². The van der Waals surface area contributed by atoms with Crippen molar-refractivity contribution in [3.63, 3.8) is 0 Å². The van der Waals surface area contributed by atoms with Crippen LogP contribution in [0.4, 0.5) is 13.2 Å². The maximum atomic E-state index is 14.5. The lowest BCUT2D eigenvalue weighted by atomic mass is 9.78. The fourth-order valence-corrected chi connectivity index (χ4v) is 7.76. The minimum absolute atomic E-state index is 0.0355. The van der Waals surface area contributed by atoms with Gasteiger partial charge in [0.15, 0.2) is 0 Å². The number of likely N-dealkylation sites (tertiary alicyclic amines) is 1. The zero-order chi connectivity index (χ0) is 30.2. The number of hydrogen-bond acceptors (Lipinski definition) is 8. The number of methoxy groups -OCH3 is 1. The number of fused-ring (bicyclic) bond motifs is 2. The van der Waals surface area contributed by atoms with E-state index in [2.05, 4.69) is 15.2 Å². The second-order valence-corrected chi connectivity index (χ2v) is 12.7. The molecule has 0 bridgehead atoms. The van der Waals surface area contributed by atoms with Gasteiger partial charge in [0.2, 0.25) is 11.8 Å². The number of nitrogens with one attached hydrogen (secondary N) is 1. The van der Waals surface area contributed by atoms with E-state index in [1.807, 2.05) is 4.90 Å². The van der Waals surface area contributed by atoms with Crippen LogP contribution in [0.1, 0.15) is 42.5 Å². The van der Waals surface area contributed by atoms with E-state index in [1.165, 1.54) is 0 Å². The average molecular weight is 610 g/mol. The number of amides is 2. The highest BCUT2D eigenvalue weighted by Gasteiger charge is 2.59. The van der Waals surface area contributed by atoms with Gasteiger partial charge in [-0.15, -0.1) is 0 Å². The van der Waals surface area contributed by atoms with Gasteiger partial charge in [-0.25, -0.2) is 0 Å². The molecule has 0 radical (unpaired) electrons. The molecule has 4 aliphatic heterocycles. The summed E-state index contributed by atoms with van der Waals surface area (Å²) in [4.78, 5) is 37.8. The van der Waals surface area contributed by atoms with E-state index >= 15 is 0 Å². The monoisotopic (exact) mass is 609 g/mol. The Hall–Kier alpha value is -2.32. The summed E-state index contributed by atoms with van der Waals surface area (Å²) >= 11 is 0. The van der Waals surface area contributed by atoms with Crippen molar-refractivity contribution >= 4 is 11.8 Å². The van der Waals surface area contributed by atoms with Gasteiger partial charge in [0, 0.05) is 96.3 Å². The summed E-state index contributed by atoms with van der Waals surface area (Å²) in [7, 11) is 1.68. The SMILES string of the molecule is COC1COCCC1N[C@@H]1C[C@H]2CN(C(=O)CCN3CCOCC3)C[C@@]2(C(=O)N2CCc3ncc(C(F)(F)F)cc3C2)C1. The summed E-state index contributed by atoms with van der Waals surface area (Å²) in [6.07, 6.45) is -0.781. The van der Waals surface area contributed by atoms with E-state index in [4.69, 9.17) is 14.2 Å². The maximum Gasteiger partial charge on any atom is 0.417 e. The minimum Gasteiger partial charge on any atom is -0.379 e. The van der Waals surface area contributed by atoms with Gasteiger partial charge in [-0.3, -0.25) is 19.5 Å². The number of nitrogens with zero attached hydrogens (tertiary/aromatic N) is 4. The first-order valence-electron chi connectivity index (χ1n) is 15.4. The third-order valence-electron chi connectivity index (χ3n) is 10.1. The van der Waals surface area contributed by atoms with E-state index in [-0.39, 0.29) is 42.5 Å². The lowest BCUT2D eigenvalue weighted by Gasteiger charge is -2.38. The third-order valence-corrected chi connectivity index (χ3v) is 10.1. The van der Waals surface area contributed by atoms with Crippen LogP contribution in [-0.2, 0) is 42.9 Å². The van der Waals surface area contributed by atoms with Crippen LogP contribution < -0.4 is 5.32 Å². The molecule has 1 saturated carbocycles. The highest BCUT2D eigenvalue weighted by molar-refractivity contribution is 5.86. The largest absolute Gasteiger partial charge is 0.417 e. The fourth-order valence-electron chi connectivity index (χ4n) is 7.76. The normalized spacial score (nSPS) is 31.6. The van der Waals surface area contributed by atoms with Crippen LogP contribution in [0.15, 0.2) is 12.3 Å². The Bertz CT molecular complexity index is 1180. The van der Waals surface area contributed by atoms with Gasteiger partial charge in [-0.2, -0.15) is 13.2 Å². The average Bonchev–Trinajstić information content (AvgIpc) is 3.54. The van der Waals surface area contributed by atoms with E-state index in [1.54, 1.807) is 12.0 Å². The number of hydrogen-bond donors (Lipinski definition) is 1. The molecule has 13 heteroatoms. The number of morpholine rings is 1. The minimum atomic E-state index is -4.50. The first-order chi connectivity index (χ1) is 20.7. The van der Waals surface area contributed by atoms with Crippen molar-refractivity contribution in [1.82, 2.24) is 25.0 Å². The number of alkyl halides is 3. The number of halogens is 3. The lowest BCUT2D eigenvalue weighted by molar-refractivity contribution is -0.144. The molecule has 238 valence electrons. The second kappa shape index (κ2) is 12.6. The number of carbonyl (C=O) groups excluding carboxylic acids is 2. The topological polar surface area (TPSA) is 96.5 Å². The molecule has 5 heterocycles. The molecule has 43 heavy (non-hydrogen) atoms. The Labute approximate surface area is 250 Å². The highest BCUT2D eigenvalue weighted by Crippen LogP contribution is 2.51. The second-order valence-electron chi connectivity index (χ2n) is 12.7. The van der Waals surface area contributed by atoms with Gasteiger partial charge in [0.1, 0.15) is 0 Å². The Morgan fingerprint density at radius 3 is 2.74 bits per heavy atom. The molecule has 5 atom stereocenters. The molecule has 2 amide bonds. The van der Waals surface area contributed by atoms with Gasteiger partial charge in [-0.1, -0.05) is 0 Å². The predicted molar refractivity (Wildman–Crippen MR) is 149 cm³/mol. The molecule has 1 aromatic heterocycles. The zero-order valence-corrected chi connectivity index (χ0v) is 24.7. The van der Waals surface area contributed by atoms with Crippen molar-refractivity contribution in [2.75, 3.05) is 72.8 Å². The molecule has 1 aliphatic carbocycles. The Morgan fingerprint density at radius 2 is 1.98 bits per heavy atom. The Balaban J connectivity index is 1.19. The number of carbonyl (C=O) groups is 2. The molecule has 10 nitrogen and oxygen atoms in total. The molecular weight excluding hydrogens is 567 g/mol. The quantitative estimate of drug-likeness (QED) is 0.500. The van der Waals surface area contributed by atoms with Gasteiger partial charge in [0.25, 0.3) is 0 Å². The first-order valence-corrected chi connectivity index (χ1v) is 15.4. The Kier molecular flexibility index (Phi) is 8.98. The predicted octanol–water partition coefficient (Wildman–Crippen LogP) is 1.71. The van der Waals surface area contributed by atoms with Crippen molar-refractivity contribution in [3.05, 3.63) is 29.1 Å². The van der Waals surface area contributed by atoms with Crippen LogP contribution in [0.25, 0.3) is 0 Å².